The summed E-state index contributed by atoms with van der Waals surface area (Å²) in [4.78, 5) is 41.3. The summed E-state index contributed by atoms with van der Waals surface area (Å²) in [6, 6.07) is 16.5. The Bertz CT molecular complexity index is 976. The lowest BCUT2D eigenvalue weighted by molar-refractivity contribution is -0.144. The van der Waals surface area contributed by atoms with Crippen molar-refractivity contribution in [2.24, 2.45) is 5.92 Å². The Hall–Kier alpha value is -3.39. The van der Waals surface area contributed by atoms with Crippen LogP contribution >= 0.6 is 0 Å². The summed E-state index contributed by atoms with van der Waals surface area (Å²) in [5, 5.41) is 15.5. The van der Waals surface area contributed by atoms with E-state index in [1.807, 2.05) is 50.2 Å². The fourth-order valence-electron chi connectivity index (χ4n) is 3.76. The van der Waals surface area contributed by atoms with Crippen LogP contribution in [0.1, 0.15) is 58.2 Å². The van der Waals surface area contributed by atoms with Gasteiger partial charge in [0.1, 0.15) is 17.7 Å². The van der Waals surface area contributed by atoms with Crippen LogP contribution < -0.4 is 10.6 Å². The van der Waals surface area contributed by atoms with Crippen LogP contribution in [0.25, 0.3) is 0 Å². The summed E-state index contributed by atoms with van der Waals surface area (Å²) in [6.45, 7) is 8.85. The van der Waals surface area contributed by atoms with Gasteiger partial charge in [0.05, 0.1) is 6.61 Å². The number of carbonyl (C=O) groups excluding carboxylic acids is 3. The molecule has 0 spiro atoms. The Kier molecular flexibility index (Phi) is 10.9. The van der Waals surface area contributed by atoms with Crippen molar-refractivity contribution in [3.8, 4) is 0 Å². The molecular formula is C28H39N3O5. The van der Waals surface area contributed by atoms with E-state index in [4.69, 9.17) is 4.74 Å². The number of aliphatic hydroxyl groups is 1. The molecular weight excluding hydrogens is 458 g/mol. The first kappa shape index (κ1) is 28.8. The molecule has 0 aliphatic rings. The van der Waals surface area contributed by atoms with Crippen molar-refractivity contribution >= 4 is 17.9 Å². The third kappa shape index (κ3) is 8.68. The van der Waals surface area contributed by atoms with E-state index in [1.54, 1.807) is 45.0 Å². The zero-order valence-electron chi connectivity index (χ0n) is 21.9. The van der Waals surface area contributed by atoms with Crippen LogP contribution in [0.4, 0.5) is 4.79 Å². The van der Waals surface area contributed by atoms with Crippen molar-refractivity contribution < 1.29 is 24.2 Å². The van der Waals surface area contributed by atoms with E-state index in [-0.39, 0.29) is 31.5 Å². The van der Waals surface area contributed by atoms with Gasteiger partial charge in [0, 0.05) is 13.1 Å². The smallest absolute Gasteiger partial charge is 0.408 e. The maximum atomic E-state index is 13.9. The predicted molar refractivity (Wildman–Crippen MR) is 139 cm³/mol. The normalized spacial score (nSPS) is 13.7. The fraction of sp³-hybridized carbons (Fsp3) is 0.464. The molecule has 3 N–H and O–H groups in total. The van der Waals surface area contributed by atoms with Crippen LogP contribution in [0, 0.1) is 5.92 Å². The SMILES string of the molecule is CCC(C)C(NC(=O)OC(C)(C)C)C(=O)N(CCO)C(C(=O)NCc1ccccc1)c1ccccc1. The molecule has 0 aliphatic heterocycles. The average molecular weight is 498 g/mol. The number of hydrogen-bond acceptors (Lipinski definition) is 5. The molecule has 3 amide bonds. The number of aliphatic hydroxyl groups excluding tert-OH is 1. The molecule has 0 fully saturated rings. The van der Waals surface area contributed by atoms with Gasteiger partial charge in [0.15, 0.2) is 0 Å². The summed E-state index contributed by atoms with van der Waals surface area (Å²) < 4.78 is 5.38. The van der Waals surface area contributed by atoms with Gasteiger partial charge in [0.25, 0.3) is 0 Å². The average Bonchev–Trinajstić information content (AvgIpc) is 2.85. The third-order valence-electron chi connectivity index (χ3n) is 5.76. The van der Waals surface area contributed by atoms with E-state index in [1.165, 1.54) is 4.90 Å². The third-order valence-corrected chi connectivity index (χ3v) is 5.76. The first-order valence-electron chi connectivity index (χ1n) is 12.3. The van der Waals surface area contributed by atoms with Gasteiger partial charge in [-0.2, -0.15) is 0 Å². The van der Waals surface area contributed by atoms with Gasteiger partial charge in [-0.3, -0.25) is 9.59 Å². The molecule has 0 aromatic heterocycles. The highest BCUT2D eigenvalue weighted by atomic mass is 16.6. The minimum absolute atomic E-state index is 0.0832. The van der Waals surface area contributed by atoms with Gasteiger partial charge in [-0.15, -0.1) is 0 Å². The van der Waals surface area contributed by atoms with Crippen molar-refractivity contribution in [1.29, 1.82) is 0 Å². The molecule has 2 aromatic carbocycles. The number of hydrogen-bond donors (Lipinski definition) is 3. The number of benzene rings is 2. The largest absolute Gasteiger partial charge is 0.444 e. The van der Waals surface area contributed by atoms with Crippen LogP contribution in [0.2, 0.25) is 0 Å². The van der Waals surface area contributed by atoms with Gasteiger partial charge in [0.2, 0.25) is 11.8 Å². The Morgan fingerprint density at radius 2 is 1.58 bits per heavy atom. The molecule has 8 nitrogen and oxygen atoms in total. The van der Waals surface area contributed by atoms with Crippen molar-refractivity contribution in [1.82, 2.24) is 15.5 Å². The van der Waals surface area contributed by atoms with Crippen LogP contribution in [-0.2, 0) is 20.9 Å². The van der Waals surface area contributed by atoms with Crippen LogP contribution in [0.5, 0.6) is 0 Å². The van der Waals surface area contributed by atoms with Crippen LogP contribution in [0.3, 0.4) is 0 Å². The number of ether oxygens (including phenoxy) is 1. The number of amides is 3. The minimum Gasteiger partial charge on any atom is -0.444 e. The number of carbonyl (C=O) groups is 3. The van der Waals surface area contributed by atoms with Crippen molar-refractivity contribution in [3.05, 3.63) is 71.8 Å². The highest BCUT2D eigenvalue weighted by Crippen LogP contribution is 2.24. The molecule has 0 bridgehead atoms. The van der Waals surface area contributed by atoms with Crippen LogP contribution in [0.15, 0.2) is 60.7 Å². The molecule has 2 rings (SSSR count). The van der Waals surface area contributed by atoms with Gasteiger partial charge >= 0.3 is 6.09 Å². The molecule has 0 saturated heterocycles. The van der Waals surface area contributed by atoms with E-state index >= 15 is 0 Å². The van der Waals surface area contributed by atoms with Crippen LogP contribution in [-0.4, -0.2) is 52.7 Å². The predicted octanol–water partition coefficient (Wildman–Crippen LogP) is 3.80. The second kappa shape index (κ2) is 13.6. The van der Waals surface area contributed by atoms with Gasteiger partial charge in [-0.25, -0.2) is 4.79 Å². The monoisotopic (exact) mass is 497 g/mol. The zero-order chi connectivity index (χ0) is 26.7. The molecule has 3 unspecified atom stereocenters. The van der Waals surface area contributed by atoms with E-state index in [9.17, 15) is 19.5 Å². The molecule has 36 heavy (non-hydrogen) atoms. The Balaban J connectivity index is 2.39. The molecule has 196 valence electrons. The standard InChI is InChI=1S/C28H39N3O5/c1-6-20(2)23(30-27(35)36-28(3,4)5)26(34)31(17-18-32)24(22-15-11-8-12-16-22)25(33)29-19-21-13-9-7-10-14-21/h7-16,20,23-24,32H,6,17-19H2,1-5H3,(H,29,33)(H,30,35). The van der Waals surface area contributed by atoms with Crippen molar-refractivity contribution in [2.45, 2.75) is 65.3 Å². The van der Waals surface area contributed by atoms with E-state index in [2.05, 4.69) is 10.6 Å². The highest BCUT2D eigenvalue weighted by Gasteiger charge is 2.37. The van der Waals surface area contributed by atoms with Gasteiger partial charge in [-0.1, -0.05) is 80.9 Å². The second-order valence-electron chi connectivity index (χ2n) is 9.78. The lowest BCUT2D eigenvalue weighted by Gasteiger charge is -2.35. The van der Waals surface area contributed by atoms with Crippen molar-refractivity contribution in [3.63, 3.8) is 0 Å². The zero-order valence-corrected chi connectivity index (χ0v) is 21.9. The maximum absolute atomic E-state index is 13.9. The van der Waals surface area contributed by atoms with Gasteiger partial charge in [-0.05, 0) is 37.8 Å². The molecule has 0 radical (unpaired) electrons. The Morgan fingerprint density at radius 3 is 2.11 bits per heavy atom. The number of rotatable bonds is 11. The summed E-state index contributed by atoms with van der Waals surface area (Å²) in [5.41, 5.74) is 0.786. The summed E-state index contributed by atoms with van der Waals surface area (Å²) >= 11 is 0. The minimum atomic E-state index is -0.999. The highest BCUT2D eigenvalue weighted by molar-refractivity contribution is 5.92. The number of nitrogens with one attached hydrogen (secondary N) is 2. The summed E-state index contributed by atoms with van der Waals surface area (Å²) in [6.07, 6.45) is -0.107. The van der Waals surface area contributed by atoms with E-state index in [0.29, 0.717) is 12.0 Å². The van der Waals surface area contributed by atoms with Crippen molar-refractivity contribution in [2.75, 3.05) is 13.2 Å². The Morgan fingerprint density at radius 1 is 1.00 bits per heavy atom. The molecule has 3 atom stereocenters. The first-order chi connectivity index (χ1) is 17.1. The van der Waals surface area contributed by atoms with E-state index < -0.39 is 29.7 Å². The maximum Gasteiger partial charge on any atom is 0.408 e. The number of nitrogens with zero attached hydrogens (tertiary/aromatic N) is 1. The van der Waals surface area contributed by atoms with Gasteiger partial charge < -0.3 is 25.4 Å². The second-order valence-corrected chi connectivity index (χ2v) is 9.78. The quantitative estimate of drug-likeness (QED) is 0.438. The molecule has 0 heterocycles. The molecule has 0 aliphatic carbocycles. The summed E-state index contributed by atoms with van der Waals surface area (Å²) in [7, 11) is 0. The molecule has 2 aromatic rings. The fourth-order valence-corrected chi connectivity index (χ4v) is 3.76. The summed E-state index contributed by atoms with van der Waals surface area (Å²) in [5.74, 6) is -1.09. The Labute approximate surface area is 214 Å². The first-order valence-corrected chi connectivity index (χ1v) is 12.3. The topological polar surface area (TPSA) is 108 Å². The molecule has 0 saturated carbocycles. The lowest BCUT2D eigenvalue weighted by Crippen LogP contribution is -2.55. The number of alkyl carbamates (subject to hydrolysis) is 1. The van der Waals surface area contributed by atoms with E-state index in [0.717, 1.165) is 5.56 Å². The molecule has 8 heteroatoms. The lowest BCUT2D eigenvalue weighted by atomic mass is 9.95.